The molecule has 0 atom stereocenters. The van der Waals surface area contributed by atoms with Crippen LogP contribution >= 0.6 is 0 Å². The van der Waals surface area contributed by atoms with E-state index in [0.29, 0.717) is 24.4 Å². The summed E-state index contributed by atoms with van der Waals surface area (Å²) < 4.78 is 5.13. The van der Waals surface area contributed by atoms with Crippen LogP contribution in [0.4, 0.5) is 0 Å². The van der Waals surface area contributed by atoms with Crippen LogP contribution < -0.4 is 15.8 Å². The third-order valence-corrected chi connectivity index (χ3v) is 3.81. The van der Waals surface area contributed by atoms with E-state index in [0.717, 1.165) is 12.8 Å². The number of amides is 1. The molecule has 5 heteroatoms. The van der Waals surface area contributed by atoms with E-state index in [2.05, 4.69) is 24.1 Å². The van der Waals surface area contributed by atoms with Gasteiger partial charge in [0, 0.05) is 12.7 Å². The Hall–Kier alpha value is -1.62. The van der Waals surface area contributed by atoms with Crippen LogP contribution in [0.15, 0.2) is 18.5 Å². The van der Waals surface area contributed by atoms with Gasteiger partial charge in [0.2, 0.25) is 0 Å². The quantitative estimate of drug-likeness (QED) is 0.784. The second-order valence-corrected chi connectivity index (χ2v) is 4.67. The molecule has 106 valence electrons. The number of carbonyl (C=O) groups is 1. The van der Waals surface area contributed by atoms with E-state index in [9.17, 15) is 4.79 Å². The van der Waals surface area contributed by atoms with Gasteiger partial charge in [0.15, 0.2) is 0 Å². The number of methoxy groups -OCH3 is 1. The topological polar surface area (TPSA) is 77.2 Å². The van der Waals surface area contributed by atoms with Gasteiger partial charge in [-0.3, -0.25) is 9.78 Å². The summed E-state index contributed by atoms with van der Waals surface area (Å²) >= 11 is 0. The molecule has 1 heterocycles. The molecule has 0 aliphatic rings. The number of carbonyl (C=O) groups excluding carboxylic acids is 1. The van der Waals surface area contributed by atoms with Crippen molar-refractivity contribution in [2.45, 2.75) is 26.7 Å². The second kappa shape index (κ2) is 7.09. The minimum Gasteiger partial charge on any atom is -0.494 e. The number of nitrogens with two attached hydrogens (primary N) is 1. The van der Waals surface area contributed by atoms with E-state index in [1.54, 1.807) is 12.3 Å². The van der Waals surface area contributed by atoms with Gasteiger partial charge in [-0.05, 0) is 30.9 Å². The molecule has 0 bridgehead atoms. The predicted octanol–water partition coefficient (Wildman–Crippen LogP) is 1.59. The molecule has 0 saturated carbocycles. The molecule has 0 aromatic carbocycles. The lowest BCUT2D eigenvalue weighted by atomic mass is 9.82. The highest BCUT2D eigenvalue weighted by Crippen LogP contribution is 2.24. The molecule has 0 spiro atoms. The van der Waals surface area contributed by atoms with Crippen molar-refractivity contribution in [2.75, 3.05) is 20.2 Å². The van der Waals surface area contributed by atoms with Gasteiger partial charge in [0.1, 0.15) is 5.75 Å². The van der Waals surface area contributed by atoms with Crippen molar-refractivity contribution < 1.29 is 9.53 Å². The smallest absolute Gasteiger partial charge is 0.255 e. The number of pyridine rings is 1. The maximum absolute atomic E-state index is 12.2. The largest absolute Gasteiger partial charge is 0.494 e. The average molecular weight is 265 g/mol. The molecule has 3 N–H and O–H groups in total. The van der Waals surface area contributed by atoms with Crippen LogP contribution in [0.5, 0.6) is 5.75 Å². The highest BCUT2D eigenvalue weighted by atomic mass is 16.5. The van der Waals surface area contributed by atoms with Gasteiger partial charge in [-0.15, -0.1) is 0 Å². The molecule has 19 heavy (non-hydrogen) atoms. The van der Waals surface area contributed by atoms with Gasteiger partial charge in [-0.1, -0.05) is 13.8 Å². The Kier molecular flexibility index (Phi) is 5.76. The molecule has 1 rings (SSSR count). The van der Waals surface area contributed by atoms with Crippen molar-refractivity contribution in [3.05, 3.63) is 24.0 Å². The number of hydrogen-bond acceptors (Lipinski definition) is 4. The molecule has 0 radical (unpaired) electrons. The van der Waals surface area contributed by atoms with Crippen LogP contribution in [-0.4, -0.2) is 31.1 Å². The van der Waals surface area contributed by atoms with Crippen molar-refractivity contribution in [1.29, 1.82) is 0 Å². The van der Waals surface area contributed by atoms with Crippen molar-refractivity contribution >= 4 is 5.91 Å². The number of nitrogens with zero attached hydrogens (tertiary/aromatic N) is 1. The highest BCUT2D eigenvalue weighted by Gasteiger charge is 2.25. The van der Waals surface area contributed by atoms with Crippen molar-refractivity contribution in [2.24, 2.45) is 11.1 Å². The van der Waals surface area contributed by atoms with E-state index < -0.39 is 0 Å². The van der Waals surface area contributed by atoms with Gasteiger partial charge in [-0.25, -0.2) is 0 Å². The van der Waals surface area contributed by atoms with E-state index in [1.165, 1.54) is 13.3 Å². The van der Waals surface area contributed by atoms with Crippen LogP contribution in [0.25, 0.3) is 0 Å². The molecule has 0 aliphatic carbocycles. The van der Waals surface area contributed by atoms with Gasteiger partial charge < -0.3 is 15.8 Å². The number of rotatable bonds is 7. The van der Waals surface area contributed by atoms with Crippen LogP contribution in [0, 0.1) is 5.41 Å². The third kappa shape index (κ3) is 3.67. The fourth-order valence-corrected chi connectivity index (χ4v) is 1.95. The second-order valence-electron chi connectivity index (χ2n) is 4.67. The summed E-state index contributed by atoms with van der Waals surface area (Å²) in [7, 11) is 1.52. The normalized spacial score (nSPS) is 11.2. The number of ether oxygens (including phenoxy) is 1. The summed E-state index contributed by atoms with van der Waals surface area (Å²) in [4.78, 5) is 16.1. The number of hydrogen-bond donors (Lipinski definition) is 2. The molecule has 0 saturated heterocycles. The van der Waals surface area contributed by atoms with E-state index in [4.69, 9.17) is 10.5 Å². The molecule has 0 aliphatic heterocycles. The maximum Gasteiger partial charge on any atom is 0.255 e. The fraction of sp³-hybridized carbons (Fsp3) is 0.571. The first-order valence-corrected chi connectivity index (χ1v) is 6.58. The van der Waals surface area contributed by atoms with Crippen molar-refractivity contribution in [3.63, 3.8) is 0 Å². The SMILES string of the molecule is CCC(CC)(CN)CNC(=O)c1ccncc1OC. The summed E-state index contributed by atoms with van der Waals surface area (Å²) in [5.41, 5.74) is 6.29. The van der Waals surface area contributed by atoms with E-state index in [-0.39, 0.29) is 11.3 Å². The Morgan fingerprint density at radius 1 is 1.47 bits per heavy atom. The molecule has 1 aromatic rings. The summed E-state index contributed by atoms with van der Waals surface area (Å²) in [5, 5.41) is 2.94. The summed E-state index contributed by atoms with van der Waals surface area (Å²) in [6, 6.07) is 1.65. The molecule has 1 amide bonds. The lowest BCUT2D eigenvalue weighted by molar-refractivity contribution is 0.0925. The molecular weight excluding hydrogens is 242 g/mol. The molecule has 0 fully saturated rings. The van der Waals surface area contributed by atoms with Gasteiger partial charge in [0.05, 0.1) is 18.9 Å². The Morgan fingerprint density at radius 3 is 2.68 bits per heavy atom. The zero-order chi connectivity index (χ0) is 14.3. The molecule has 0 unspecified atom stereocenters. The summed E-state index contributed by atoms with van der Waals surface area (Å²) in [6.45, 7) is 5.32. The molecule has 1 aromatic heterocycles. The maximum atomic E-state index is 12.2. The standard InChI is InChI=1S/C14H23N3O2/c1-4-14(5-2,9-15)10-17-13(18)11-6-7-16-8-12(11)19-3/h6-8H,4-5,9-10,15H2,1-3H3,(H,17,18). The fourth-order valence-electron chi connectivity index (χ4n) is 1.95. The van der Waals surface area contributed by atoms with Crippen LogP contribution in [-0.2, 0) is 0 Å². The van der Waals surface area contributed by atoms with Gasteiger partial charge in [0.25, 0.3) is 5.91 Å². The molecular formula is C14H23N3O2. The lowest BCUT2D eigenvalue weighted by Gasteiger charge is -2.30. The first kappa shape index (κ1) is 15.4. The summed E-state index contributed by atoms with van der Waals surface area (Å²) in [5.74, 6) is 0.324. The van der Waals surface area contributed by atoms with Crippen molar-refractivity contribution in [1.82, 2.24) is 10.3 Å². The highest BCUT2D eigenvalue weighted by molar-refractivity contribution is 5.96. The number of aromatic nitrogens is 1. The van der Waals surface area contributed by atoms with E-state index >= 15 is 0 Å². The van der Waals surface area contributed by atoms with Crippen LogP contribution in [0.2, 0.25) is 0 Å². The first-order valence-electron chi connectivity index (χ1n) is 6.58. The Morgan fingerprint density at radius 2 is 2.16 bits per heavy atom. The lowest BCUT2D eigenvalue weighted by Crippen LogP contribution is -2.41. The minimum atomic E-state index is -0.154. The number of nitrogens with one attached hydrogen (secondary N) is 1. The van der Waals surface area contributed by atoms with Crippen molar-refractivity contribution in [3.8, 4) is 5.75 Å². The van der Waals surface area contributed by atoms with Crippen LogP contribution in [0.1, 0.15) is 37.0 Å². The first-order chi connectivity index (χ1) is 9.12. The van der Waals surface area contributed by atoms with Crippen LogP contribution in [0.3, 0.4) is 0 Å². The minimum absolute atomic E-state index is 0.0318. The zero-order valence-electron chi connectivity index (χ0n) is 11.9. The van der Waals surface area contributed by atoms with Gasteiger partial charge in [-0.2, -0.15) is 0 Å². The predicted molar refractivity (Wildman–Crippen MR) is 75.2 cm³/mol. The third-order valence-electron chi connectivity index (χ3n) is 3.81. The summed E-state index contributed by atoms with van der Waals surface area (Å²) in [6.07, 6.45) is 4.99. The monoisotopic (exact) mass is 265 g/mol. The van der Waals surface area contributed by atoms with E-state index in [1.807, 2.05) is 0 Å². The average Bonchev–Trinajstić information content (AvgIpc) is 2.49. The molecule has 5 nitrogen and oxygen atoms in total. The Bertz CT molecular complexity index is 409. The zero-order valence-corrected chi connectivity index (χ0v) is 11.9. The Labute approximate surface area is 114 Å². The Balaban J connectivity index is 2.75. The van der Waals surface area contributed by atoms with Gasteiger partial charge >= 0.3 is 0 Å².